The number of carbonyl (C=O) groups is 3. The first kappa shape index (κ1) is 21.3. The van der Waals surface area contributed by atoms with Crippen LogP contribution in [0.1, 0.15) is 54.4 Å². The Morgan fingerprint density at radius 1 is 1.20 bits per heavy atom. The second-order valence-electron chi connectivity index (χ2n) is 8.09. The number of hydrogen-bond donors (Lipinski definition) is 0. The molecule has 0 spiro atoms. The molecule has 7 nitrogen and oxygen atoms in total. The quantitative estimate of drug-likeness (QED) is 0.565. The van der Waals surface area contributed by atoms with Gasteiger partial charge < -0.3 is 19.1 Å². The molecular weight excluding hydrogens is 326 g/mol. The van der Waals surface area contributed by atoms with Gasteiger partial charge in [0.05, 0.1) is 6.61 Å². The summed E-state index contributed by atoms with van der Waals surface area (Å²) in [6.45, 7) is 12.5. The zero-order valence-electron chi connectivity index (χ0n) is 16.2. The van der Waals surface area contributed by atoms with Crippen LogP contribution >= 0.6 is 0 Å². The second-order valence-corrected chi connectivity index (χ2v) is 8.09. The summed E-state index contributed by atoms with van der Waals surface area (Å²) < 4.78 is 14.9. The van der Waals surface area contributed by atoms with Crippen LogP contribution in [0.4, 0.5) is 9.59 Å². The molecule has 0 N–H and O–H groups in total. The molecule has 0 radical (unpaired) electrons. The van der Waals surface area contributed by atoms with Crippen LogP contribution in [-0.2, 0) is 19.0 Å². The lowest BCUT2D eigenvalue weighted by Gasteiger charge is -2.37. The Kier molecular flexibility index (Phi) is 7.70. The minimum atomic E-state index is -0.947. The molecule has 0 saturated carbocycles. The highest BCUT2D eigenvalue weighted by molar-refractivity contribution is 5.82. The fourth-order valence-corrected chi connectivity index (χ4v) is 2.60. The number of esters is 1. The van der Waals surface area contributed by atoms with Crippen LogP contribution < -0.4 is 0 Å². The summed E-state index contributed by atoms with van der Waals surface area (Å²) in [6.07, 6.45) is -0.480. The van der Waals surface area contributed by atoms with Crippen molar-refractivity contribution in [1.29, 1.82) is 0 Å². The largest absolute Gasteiger partial charge is 0.516 e. The average molecular weight is 357 g/mol. The average Bonchev–Trinajstić information content (AvgIpc) is 2.45. The van der Waals surface area contributed by atoms with Crippen LogP contribution in [0, 0.1) is 17.8 Å². The summed E-state index contributed by atoms with van der Waals surface area (Å²) in [5, 5.41) is 0. The number of likely N-dealkylation sites (tertiary alicyclic amines) is 1. The molecular formula is C18H31NO6. The van der Waals surface area contributed by atoms with E-state index in [4.69, 9.17) is 9.47 Å². The maximum Gasteiger partial charge on any atom is 0.516 e. The Morgan fingerprint density at radius 3 is 2.36 bits per heavy atom. The molecule has 1 fully saturated rings. The Morgan fingerprint density at radius 2 is 1.84 bits per heavy atom. The van der Waals surface area contributed by atoms with Crippen molar-refractivity contribution in [2.75, 3.05) is 19.7 Å². The number of ether oxygens (including phenoxy) is 3. The predicted molar refractivity (Wildman–Crippen MR) is 92.0 cm³/mol. The van der Waals surface area contributed by atoms with Crippen LogP contribution in [-0.4, -0.2) is 48.4 Å². The normalized spacial score (nSPS) is 21.0. The van der Waals surface area contributed by atoms with Crippen LogP contribution in [0.15, 0.2) is 0 Å². The summed E-state index contributed by atoms with van der Waals surface area (Å²) >= 11 is 0. The Hall–Kier alpha value is -1.79. The number of rotatable bonds is 4. The van der Waals surface area contributed by atoms with Crippen molar-refractivity contribution in [2.45, 2.75) is 60.0 Å². The van der Waals surface area contributed by atoms with Gasteiger partial charge in [-0.15, -0.1) is 0 Å². The molecule has 1 saturated heterocycles. The number of hydrogen-bond acceptors (Lipinski definition) is 6. The molecule has 1 heterocycles. The smallest absolute Gasteiger partial charge is 0.444 e. The lowest BCUT2D eigenvalue weighted by molar-refractivity contribution is -0.141. The van der Waals surface area contributed by atoms with Gasteiger partial charge in [0.2, 0.25) is 0 Å². The molecule has 25 heavy (non-hydrogen) atoms. The predicted octanol–water partition coefficient (Wildman–Crippen LogP) is 3.61. The van der Waals surface area contributed by atoms with Crippen LogP contribution in [0.5, 0.6) is 0 Å². The van der Waals surface area contributed by atoms with Crippen LogP contribution in [0.25, 0.3) is 0 Å². The monoisotopic (exact) mass is 357 g/mol. The molecule has 0 aromatic carbocycles. The highest BCUT2D eigenvalue weighted by atomic mass is 16.7. The van der Waals surface area contributed by atoms with Crippen molar-refractivity contribution in [3.8, 4) is 0 Å². The number of amides is 1. The second kappa shape index (κ2) is 9.06. The molecule has 1 aliphatic rings. The fraction of sp³-hybridized carbons (Fsp3) is 0.833. The number of nitrogens with zero attached hydrogens (tertiary/aromatic N) is 1. The minimum absolute atomic E-state index is 0.0593. The highest BCUT2D eigenvalue weighted by Gasteiger charge is 2.33. The van der Waals surface area contributed by atoms with Crippen molar-refractivity contribution in [1.82, 2.24) is 4.90 Å². The summed E-state index contributed by atoms with van der Waals surface area (Å²) in [5.41, 5.74) is -0.530. The van der Waals surface area contributed by atoms with Gasteiger partial charge in [0, 0.05) is 19.5 Å². The van der Waals surface area contributed by atoms with Crippen molar-refractivity contribution < 1.29 is 28.6 Å². The Balaban J connectivity index is 2.41. The van der Waals surface area contributed by atoms with E-state index in [2.05, 4.69) is 4.74 Å². The van der Waals surface area contributed by atoms with Gasteiger partial charge >= 0.3 is 18.2 Å². The van der Waals surface area contributed by atoms with E-state index in [0.717, 1.165) is 0 Å². The van der Waals surface area contributed by atoms with E-state index < -0.39 is 17.7 Å². The molecule has 0 aromatic heterocycles. The standard InChI is InChI=1S/C18H31NO6/c1-12(2)11-23-17(22)24-15(20)9-14-7-8-19(10-13(14)3)16(21)25-18(4,5)6/h12-14H,7-11H2,1-6H3. The van der Waals surface area contributed by atoms with E-state index in [-0.39, 0.29) is 36.9 Å². The van der Waals surface area contributed by atoms with Gasteiger partial charge in [-0.3, -0.25) is 4.79 Å². The molecule has 144 valence electrons. The zero-order chi connectivity index (χ0) is 19.2. The van der Waals surface area contributed by atoms with Crippen molar-refractivity contribution in [3.05, 3.63) is 0 Å². The number of piperidine rings is 1. The lowest BCUT2D eigenvalue weighted by Crippen LogP contribution is -2.45. The molecule has 2 atom stereocenters. The van der Waals surface area contributed by atoms with Gasteiger partial charge in [-0.2, -0.15) is 0 Å². The molecule has 7 heteroatoms. The van der Waals surface area contributed by atoms with E-state index in [1.807, 2.05) is 41.5 Å². The Labute approximate surface area is 150 Å². The summed E-state index contributed by atoms with van der Waals surface area (Å²) in [4.78, 5) is 37.1. The summed E-state index contributed by atoms with van der Waals surface area (Å²) in [7, 11) is 0. The maximum absolute atomic E-state index is 12.1. The van der Waals surface area contributed by atoms with E-state index in [1.54, 1.807) is 4.90 Å². The van der Waals surface area contributed by atoms with Gasteiger partial charge in [0.15, 0.2) is 0 Å². The minimum Gasteiger partial charge on any atom is -0.444 e. The third kappa shape index (κ3) is 8.23. The third-order valence-electron chi connectivity index (χ3n) is 3.90. The molecule has 0 aliphatic carbocycles. The summed E-state index contributed by atoms with van der Waals surface area (Å²) in [6, 6.07) is 0. The van der Waals surface area contributed by atoms with E-state index in [0.29, 0.717) is 19.5 Å². The molecule has 0 bridgehead atoms. The first-order valence-corrected chi connectivity index (χ1v) is 8.83. The highest BCUT2D eigenvalue weighted by Crippen LogP contribution is 2.27. The maximum atomic E-state index is 12.1. The lowest BCUT2D eigenvalue weighted by atomic mass is 9.84. The molecule has 1 rings (SSSR count). The zero-order valence-corrected chi connectivity index (χ0v) is 16.2. The van der Waals surface area contributed by atoms with E-state index in [1.165, 1.54) is 0 Å². The van der Waals surface area contributed by atoms with E-state index in [9.17, 15) is 14.4 Å². The Bertz CT molecular complexity index is 482. The van der Waals surface area contributed by atoms with Gasteiger partial charge in [0.1, 0.15) is 5.60 Å². The number of carbonyl (C=O) groups excluding carboxylic acids is 3. The molecule has 1 aliphatic heterocycles. The topological polar surface area (TPSA) is 82.1 Å². The van der Waals surface area contributed by atoms with Gasteiger partial charge in [-0.25, -0.2) is 9.59 Å². The molecule has 1 amide bonds. The van der Waals surface area contributed by atoms with Gasteiger partial charge in [-0.1, -0.05) is 20.8 Å². The van der Waals surface area contributed by atoms with Gasteiger partial charge in [-0.05, 0) is 44.9 Å². The van der Waals surface area contributed by atoms with Crippen LogP contribution in [0.3, 0.4) is 0 Å². The first-order valence-electron chi connectivity index (χ1n) is 8.83. The van der Waals surface area contributed by atoms with Gasteiger partial charge in [0.25, 0.3) is 0 Å². The first-order chi connectivity index (χ1) is 11.5. The fourth-order valence-electron chi connectivity index (χ4n) is 2.60. The third-order valence-corrected chi connectivity index (χ3v) is 3.90. The molecule has 0 aromatic rings. The summed E-state index contributed by atoms with van der Waals surface area (Å²) in [5.74, 6) is -0.235. The molecule has 2 unspecified atom stereocenters. The van der Waals surface area contributed by atoms with Crippen molar-refractivity contribution >= 4 is 18.2 Å². The van der Waals surface area contributed by atoms with E-state index >= 15 is 0 Å². The van der Waals surface area contributed by atoms with Crippen molar-refractivity contribution in [3.63, 3.8) is 0 Å². The SMILES string of the molecule is CC(C)COC(=O)OC(=O)CC1CCN(C(=O)OC(C)(C)C)CC1C. The van der Waals surface area contributed by atoms with Crippen molar-refractivity contribution in [2.24, 2.45) is 17.8 Å². The van der Waals surface area contributed by atoms with Crippen LogP contribution in [0.2, 0.25) is 0 Å².